The molecule has 0 spiro atoms. The molecule has 8 heteroatoms. The van der Waals surface area contributed by atoms with Gasteiger partial charge in [0, 0.05) is 19.2 Å². The van der Waals surface area contributed by atoms with E-state index in [1.165, 1.54) is 0 Å². The Hall–Kier alpha value is -0.860. The highest BCUT2D eigenvalue weighted by Crippen LogP contribution is 2.28. The summed E-state index contributed by atoms with van der Waals surface area (Å²) in [5, 5.41) is 0. The Morgan fingerprint density at radius 3 is 2.40 bits per heavy atom. The molecule has 3 N–H and O–H groups in total. The highest BCUT2D eigenvalue weighted by molar-refractivity contribution is 7.89. The molecule has 1 aliphatic carbocycles. The SMILES string of the molecule is CCOCCOc1ccc(S(=O)(=O)NC(CN)C2CCCC2)cc1.Cl. The lowest BCUT2D eigenvalue weighted by molar-refractivity contribution is 0.110. The predicted molar refractivity (Wildman–Crippen MR) is 101 cm³/mol. The topological polar surface area (TPSA) is 90.6 Å². The molecule has 0 heterocycles. The van der Waals surface area contributed by atoms with Gasteiger partial charge in [-0.1, -0.05) is 12.8 Å². The van der Waals surface area contributed by atoms with Gasteiger partial charge in [0.2, 0.25) is 10.0 Å². The van der Waals surface area contributed by atoms with E-state index >= 15 is 0 Å². The fourth-order valence-electron chi connectivity index (χ4n) is 3.04. The van der Waals surface area contributed by atoms with E-state index in [2.05, 4.69) is 4.72 Å². The van der Waals surface area contributed by atoms with Crippen LogP contribution >= 0.6 is 12.4 Å². The molecule has 1 aromatic rings. The standard InChI is InChI=1S/C17H28N2O4S.ClH/c1-2-22-11-12-23-15-7-9-16(10-8-15)24(20,21)19-17(13-18)14-5-3-4-6-14;/h7-10,14,17,19H,2-6,11-13,18H2,1H3;1H. The minimum Gasteiger partial charge on any atom is -0.491 e. The van der Waals surface area contributed by atoms with Crippen molar-refractivity contribution in [1.82, 2.24) is 4.72 Å². The van der Waals surface area contributed by atoms with Crippen LogP contribution in [0.3, 0.4) is 0 Å². The molecule has 1 fully saturated rings. The Morgan fingerprint density at radius 2 is 1.84 bits per heavy atom. The summed E-state index contributed by atoms with van der Waals surface area (Å²) in [6, 6.07) is 6.24. The van der Waals surface area contributed by atoms with Crippen molar-refractivity contribution in [2.75, 3.05) is 26.4 Å². The lowest BCUT2D eigenvalue weighted by atomic mass is 9.99. The summed E-state index contributed by atoms with van der Waals surface area (Å²) in [5.74, 6) is 0.964. The second kappa shape index (κ2) is 11.0. The molecule has 0 aliphatic heterocycles. The largest absolute Gasteiger partial charge is 0.491 e. The molecule has 0 saturated heterocycles. The van der Waals surface area contributed by atoms with Crippen LogP contribution in [0.5, 0.6) is 5.75 Å². The van der Waals surface area contributed by atoms with Crippen molar-refractivity contribution in [2.24, 2.45) is 11.7 Å². The van der Waals surface area contributed by atoms with Gasteiger partial charge in [-0.05, 0) is 49.9 Å². The quantitative estimate of drug-likeness (QED) is 0.596. The fraction of sp³-hybridized carbons (Fsp3) is 0.647. The monoisotopic (exact) mass is 392 g/mol. The second-order valence-electron chi connectivity index (χ2n) is 6.02. The van der Waals surface area contributed by atoms with E-state index in [1.807, 2.05) is 6.92 Å². The number of benzene rings is 1. The van der Waals surface area contributed by atoms with Gasteiger partial charge in [-0.15, -0.1) is 12.4 Å². The first-order valence-corrected chi connectivity index (χ1v) is 10.1. The number of hydrogen-bond donors (Lipinski definition) is 2. The van der Waals surface area contributed by atoms with Gasteiger partial charge in [-0.25, -0.2) is 13.1 Å². The molecular weight excluding hydrogens is 364 g/mol. The Bertz CT molecular complexity index is 589. The number of ether oxygens (including phenoxy) is 2. The molecule has 1 unspecified atom stereocenters. The highest BCUT2D eigenvalue weighted by atomic mass is 35.5. The van der Waals surface area contributed by atoms with E-state index in [0.717, 1.165) is 25.7 Å². The molecular formula is C17H29ClN2O4S. The number of nitrogens with two attached hydrogens (primary N) is 1. The summed E-state index contributed by atoms with van der Waals surface area (Å²) in [6.07, 6.45) is 4.38. The number of sulfonamides is 1. The molecule has 0 aromatic heterocycles. The van der Waals surface area contributed by atoms with E-state index in [1.54, 1.807) is 24.3 Å². The van der Waals surface area contributed by atoms with Crippen LogP contribution in [0.1, 0.15) is 32.6 Å². The third kappa shape index (κ3) is 6.75. The minimum atomic E-state index is -3.57. The molecule has 2 rings (SSSR count). The Balaban J connectivity index is 0.00000312. The van der Waals surface area contributed by atoms with Crippen LogP contribution in [-0.4, -0.2) is 40.8 Å². The molecule has 0 radical (unpaired) electrons. The Labute approximate surface area is 156 Å². The van der Waals surface area contributed by atoms with Crippen molar-refractivity contribution in [1.29, 1.82) is 0 Å². The summed E-state index contributed by atoms with van der Waals surface area (Å²) < 4.78 is 38.5. The fourth-order valence-corrected chi connectivity index (χ4v) is 4.36. The summed E-state index contributed by atoms with van der Waals surface area (Å²) in [7, 11) is -3.57. The smallest absolute Gasteiger partial charge is 0.240 e. The zero-order chi connectivity index (χ0) is 17.4. The normalized spacial score (nSPS) is 16.4. The first-order chi connectivity index (χ1) is 11.6. The molecule has 6 nitrogen and oxygen atoms in total. The van der Waals surface area contributed by atoms with Crippen LogP contribution < -0.4 is 15.2 Å². The van der Waals surface area contributed by atoms with E-state index in [-0.39, 0.29) is 23.3 Å². The predicted octanol–water partition coefficient (Wildman–Crippen LogP) is 2.32. The molecule has 1 atom stereocenters. The number of hydrogen-bond acceptors (Lipinski definition) is 5. The number of halogens is 1. The van der Waals surface area contributed by atoms with Gasteiger partial charge in [0.05, 0.1) is 11.5 Å². The van der Waals surface area contributed by atoms with Gasteiger partial charge in [-0.3, -0.25) is 0 Å². The van der Waals surface area contributed by atoms with Crippen LogP contribution in [0.4, 0.5) is 0 Å². The van der Waals surface area contributed by atoms with E-state index in [9.17, 15) is 8.42 Å². The third-order valence-corrected chi connectivity index (χ3v) is 5.87. The van der Waals surface area contributed by atoms with Crippen LogP contribution in [0.15, 0.2) is 29.2 Å². The lowest BCUT2D eigenvalue weighted by Crippen LogP contribution is -2.44. The van der Waals surface area contributed by atoms with Crippen LogP contribution in [0, 0.1) is 5.92 Å². The van der Waals surface area contributed by atoms with E-state index in [0.29, 0.717) is 38.0 Å². The Morgan fingerprint density at radius 1 is 1.20 bits per heavy atom. The second-order valence-corrected chi connectivity index (χ2v) is 7.74. The molecule has 1 saturated carbocycles. The van der Waals surface area contributed by atoms with Gasteiger partial charge in [0.1, 0.15) is 12.4 Å². The minimum absolute atomic E-state index is 0. The summed E-state index contributed by atoms with van der Waals surface area (Å²) in [5.41, 5.74) is 5.78. The maximum absolute atomic E-state index is 12.5. The molecule has 0 amide bonds. The van der Waals surface area contributed by atoms with Gasteiger partial charge in [0.15, 0.2) is 0 Å². The number of rotatable bonds is 10. The van der Waals surface area contributed by atoms with Crippen molar-refractivity contribution < 1.29 is 17.9 Å². The molecule has 1 aromatic carbocycles. The highest BCUT2D eigenvalue weighted by Gasteiger charge is 2.28. The summed E-state index contributed by atoms with van der Waals surface area (Å²) in [6.45, 7) is 3.84. The van der Waals surface area contributed by atoms with Crippen molar-refractivity contribution in [2.45, 2.75) is 43.5 Å². The zero-order valence-electron chi connectivity index (χ0n) is 14.6. The van der Waals surface area contributed by atoms with Crippen molar-refractivity contribution in [3.8, 4) is 5.75 Å². The Kier molecular flexibility index (Phi) is 9.74. The average Bonchev–Trinajstić information content (AvgIpc) is 3.11. The van der Waals surface area contributed by atoms with E-state index in [4.69, 9.17) is 15.2 Å². The maximum atomic E-state index is 12.5. The van der Waals surface area contributed by atoms with Crippen LogP contribution in [-0.2, 0) is 14.8 Å². The van der Waals surface area contributed by atoms with Gasteiger partial charge >= 0.3 is 0 Å². The van der Waals surface area contributed by atoms with Gasteiger partial charge in [0.25, 0.3) is 0 Å². The van der Waals surface area contributed by atoms with Gasteiger partial charge in [-0.2, -0.15) is 0 Å². The van der Waals surface area contributed by atoms with Crippen LogP contribution in [0.2, 0.25) is 0 Å². The molecule has 1 aliphatic rings. The van der Waals surface area contributed by atoms with Crippen molar-refractivity contribution in [3.63, 3.8) is 0 Å². The van der Waals surface area contributed by atoms with Crippen molar-refractivity contribution in [3.05, 3.63) is 24.3 Å². The van der Waals surface area contributed by atoms with E-state index < -0.39 is 10.0 Å². The first-order valence-electron chi connectivity index (χ1n) is 8.60. The number of nitrogens with one attached hydrogen (secondary N) is 1. The summed E-state index contributed by atoms with van der Waals surface area (Å²) in [4.78, 5) is 0.233. The van der Waals surface area contributed by atoms with Gasteiger partial charge < -0.3 is 15.2 Å². The third-order valence-electron chi connectivity index (χ3n) is 4.36. The van der Waals surface area contributed by atoms with Crippen LogP contribution in [0.25, 0.3) is 0 Å². The summed E-state index contributed by atoms with van der Waals surface area (Å²) >= 11 is 0. The molecule has 0 bridgehead atoms. The first kappa shape index (κ1) is 22.2. The average molecular weight is 393 g/mol. The lowest BCUT2D eigenvalue weighted by Gasteiger charge is -2.23. The van der Waals surface area contributed by atoms with Crippen molar-refractivity contribution >= 4 is 22.4 Å². The molecule has 144 valence electrons. The molecule has 25 heavy (non-hydrogen) atoms. The zero-order valence-corrected chi connectivity index (χ0v) is 16.3. The maximum Gasteiger partial charge on any atom is 0.240 e.